The van der Waals surface area contributed by atoms with Crippen LogP contribution in [0.4, 0.5) is 10.1 Å². The molecule has 3 rings (SSSR count). The summed E-state index contributed by atoms with van der Waals surface area (Å²) in [7, 11) is 0. The number of aryl methyl sites for hydroxylation is 1. The highest BCUT2D eigenvalue weighted by Crippen LogP contribution is 2.15. The summed E-state index contributed by atoms with van der Waals surface area (Å²) in [5.74, 6) is -0.798. The number of nitrogens with zero attached hydrogens (tertiary/aromatic N) is 2. The number of anilines is 1. The van der Waals surface area contributed by atoms with Crippen molar-refractivity contribution < 1.29 is 9.18 Å². The number of hydrogen-bond acceptors (Lipinski definition) is 3. The van der Waals surface area contributed by atoms with Crippen LogP contribution in [0, 0.1) is 12.7 Å². The maximum Gasteiger partial charge on any atom is 0.270 e. The third-order valence-electron chi connectivity index (χ3n) is 3.64. The molecule has 0 aliphatic heterocycles. The summed E-state index contributed by atoms with van der Waals surface area (Å²) in [6.07, 6.45) is 0. The van der Waals surface area contributed by atoms with Crippen molar-refractivity contribution in [2.24, 2.45) is 0 Å². The van der Waals surface area contributed by atoms with Gasteiger partial charge in [-0.2, -0.15) is 5.10 Å². The molecule has 0 aliphatic rings. The molecule has 0 spiro atoms. The predicted octanol–water partition coefficient (Wildman–Crippen LogP) is 3.00. The Labute approximate surface area is 143 Å². The molecule has 0 fully saturated rings. The van der Waals surface area contributed by atoms with E-state index in [4.69, 9.17) is 0 Å². The molecule has 0 saturated carbocycles. The zero-order valence-electron chi connectivity index (χ0n) is 13.6. The van der Waals surface area contributed by atoms with Gasteiger partial charge < -0.3 is 5.32 Å². The van der Waals surface area contributed by atoms with Crippen LogP contribution in [0.3, 0.4) is 0 Å². The fourth-order valence-electron chi connectivity index (χ4n) is 2.40. The molecule has 0 aliphatic carbocycles. The summed E-state index contributed by atoms with van der Waals surface area (Å²) in [5, 5.41) is 6.90. The molecule has 0 bridgehead atoms. The summed E-state index contributed by atoms with van der Waals surface area (Å²) in [5.41, 5.74) is 2.11. The van der Waals surface area contributed by atoms with Gasteiger partial charge in [0, 0.05) is 16.8 Å². The largest absolute Gasteiger partial charge is 0.324 e. The lowest BCUT2D eigenvalue weighted by Gasteiger charge is -2.10. The minimum atomic E-state index is -0.411. The molecule has 1 amide bonds. The van der Waals surface area contributed by atoms with E-state index in [0.29, 0.717) is 16.9 Å². The first kappa shape index (κ1) is 16.6. The Morgan fingerprint density at radius 1 is 1.12 bits per heavy atom. The van der Waals surface area contributed by atoms with Gasteiger partial charge in [0.05, 0.1) is 5.69 Å². The molecule has 0 unspecified atom stereocenters. The molecule has 5 nitrogen and oxygen atoms in total. The molecule has 25 heavy (non-hydrogen) atoms. The molecular weight excluding hydrogens is 321 g/mol. The van der Waals surface area contributed by atoms with Gasteiger partial charge in [-0.1, -0.05) is 30.3 Å². The average Bonchev–Trinajstić information content (AvgIpc) is 2.61. The van der Waals surface area contributed by atoms with Gasteiger partial charge in [0.1, 0.15) is 12.4 Å². The van der Waals surface area contributed by atoms with Crippen LogP contribution in [0.2, 0.25) is 0 Å². The zero-order chi connectivity index (χ0) is 17.8. The third-order valence-corrected chi connectivity index (χ3v) is 3.64. The molecule has 3 aromatic rings. The average molecular weight is 337 g/mol. The molecule has 2 aromatic carbocycles. The van der Waals surface area contributed by atoms with Gasteiger partial charge in [-0.25, -0.2) is 9.07 Å². The van der Waals surface area contributed by atoms with Crippen molar-refractivity contribution in [3.8, 4) is 11.3 Å². The zero-order valence-corrected chi connectivity index (χ0v) is 13.6. The lowest BCUT2D eigenvalue weighted by atomic mass is 10.1. The Morgan fingerprint density at radius 2 is 1.80 bits per heavy atom. The van der Waals surface area contributed by atoms with Crippen LogP contribution >= 0.6 is 0 Å². The first-order valence-corrected chi connectivity index (χ1v) is 7.72. The number of hydrogen-bond donors (Lipinski definition) is 1. The Morgan fingerprint density at radius 3 is 2.48 bits per heavy atom. The molecule has 126 valence electrons. The first-order chi connectivity index (χ1) is 12.0. The van der Waals surface area contributed by atoms with Crippen molar-refractivity contribution in [3.05, 3.63) is 82.4 Å². The van der Waals surface area contributed by atoms with Crippen molar-refractivity contribution in [2.45, 2.75) is 13.5 Å². The van der Waals surface area contributed by atoms with E-state index in [0.717, 1.165) is 10.2 Å². The minimum Gasteiger partial charge on any atom is -0.324 e. The van der Waals surface area contributed by atoms with Gasteiger partial charge in [0.25, 0.3) is 5.56 Å². The molecule has 0 radical (unpaired) electrons. The SMILES string of the molecule is Cc1cc(-c2ccccc2)nn(CC(=O)Nc2ccc(F)cc2)c1=O. The van der Waals surface area contributed by atoms with Gasteiger partial charge in [0.15, 0.2) is 0 Å². The smallest absolute Gasteiger partial charge is 0.270 e. The maximum atomic E-state index is 12.9. The predicted molar refractivity (Wildman–Crippen MR) is 93.7 cm³/mol. The lowest BCUT2D eigenvalue weighted by Crippen LogP contribution is -2.31. The van der Waals surface area contributed by atoms with E-state index in [1.165, 1.54) is 24.3 Å². The Kier molecular flexibility index (Phi) is 4.70. The standard InChI is InChI=1S/C19H16FN3O2/c1-13-11-17(14-5-3-2-4-6-14)22-23(19(13)25)12-18(24)21-16-9-7-15(20)8-10-16/h2-11H,12H2,1H3,(H,21,24). The molecule has 0 atom stereocenters. The summed E-state index contributed by atoms with van der Waals surface area (Å²) >= 11 is 0. The molecule has 1 heterocycles. The van der Waals surface area contributed by atoms with E-state index in [1.807, 2.05) is 30.3 Å². The van der Waals surface area contributed by atoms with Crippen LogP contribution in [0.25, 0.3) is 11.3 Å². The highest BCUT2D eigenvalue weighted by molar-refractivity contribution is 5.90. The van der Waals surface area contributed by atoms with E-state index < -0.39 is 5.91 Å². The van der Waals surface area contributed by atoms with E-state index in [-0.39, 0.29) is 17.9 Å². The normalized spacial score (nSPS) is 10.5. The van der Waals surface area contributed by atoms with Crippen molar-refractivity contribution >= 4 is 11.6 Å². The van der Waals surface area contributed by atoms with Gasteiger partial charge in [-0.15, -0.1) is 0 Å². The van der Waals surface area contributed by atoms with Crippen LogP contribution in [-0.4, -0.2) is 15.7 Å². The number of benzene rings is 2. The van der Waals surface area contributed by atoms with Gasteiger partial charge in [-0.05, 0) is 37.3 Å². The minimum absolute atomic E-state index is 0.224. The number of amides is 1. The Bertz CT molecular complexity index is 951. The first-order valence-electron chi connectivity index (χ1n) is 7.72. The number of nitrogens with one attached hydrogen (secondary N) is 1. The Balaban J connectivity index is 1.84. The van der Waals surface area contributed by atoms with E-state index in [1.54, 1.807) is 13.0 Å². The van der Waals surface area contributed by atoms with Crippen LogP contribution in [0.15, 0.2) is 65.5 Å². The molecular formula is C19H16FN3O2. The van der Waals surface area contributed by atoms with Crippen molar-refractivity contribution in [1.82, 2.24) is 9.78 Å². The highest BCUT2D eigenvalue weighted by Gasteiger charge is 2.11. The second-order valence-corrected chi connectivity index (χ2v) is 5.60. The highest BCUT2D eigenvalue weighted by atomic mass is 19.1. The second-order valence-electron chi connectivity index (χ2n) is 5.60. The van der Waals surface area contributed by atoms with Gasteiger partial charge in [0.2, 0.25) is 5.91 Å². The third kappa shape index (κ3) is 3.98. The van der Waals surface area contributed by atoms with Crippen molar-refractivity contribution in [3.63, 3.8) is 0 Å². The molecule has 0 saturated heterocycles. The fourth-order valence-corrected chi connectivity index (χ4v) is 2.40. The van der Waals surface area contributed by atoms with Crippen molar-refractivity contribution in [1.29, 1.82) is 0 Å². The number of aromatic nitrogens is 2. The van der Waals surface area contributed by atoms with Gasteiger partial charge in [-0.3, -0.25) is 9.59 Å². The van der Waals surface area contributed by atoms with Crippen LogP contribution < -0.4 is 10.9 Å². The lowest BCUT2D eigenvalue weighted by molar-refractivity contribution is -0.117. The maximum absolute atomic E-state index is 12.9. The van der Waals surface area contributed by atoms with Gasteiger partial charge >= 0.3 is 0 Å². The molecule has 1 aromatic heterocycles. The molecule has 1 N–H and O–H groups in total. The summed E-state index contributed by atoms with van der Waals surface area (Å²) < 4.78 is 14.0. The quantitative estimate of drug-likeness (QED) is 0.796. The van der Waals surface area contributed by atoms with Crippen LogP contribution in [0.5, 0.6) is 0 Å². The van der Waals surface area contributed by atoms with Crippen molar-refractivity contribution in [2.75, 3.05) is 5.32 Å². The summed E-state index contributed by atoms with van der Waals surface area (Å²) in [6.45, 7) is 1.46. The van der Waals surface area contributed by atoms with E-state index in [9.17, 15) is 14.0 Å². The fraction of sp³-hybridized carbons (Fsp3) is 0.105. The Hall–Kier alpha value is -3.28. The number of carbonyl (C=O) groups is 1. The number of halogens is 1. The number of carbonyl (C=O) groups excluding carboxylic acids is 1. The monoisotopic (exact) mass is 337 g/mol. The summed E-state index contributed by atoms with van der Waals surface area (Å²) in [4.78, 5) is 24.4. The van der Waals surface area contributed by atoms with Crippen LogP contribution in [0.1, 0.15) is 5.56 Å². The summed E-state index contributed by atoms with van der Waals surface area (Å²) in [6, 6.07) is 16.5. The van der Waals surface area contributed by atoms with E-state index >= 15 is 0 Å². The topological polar surface area (TPSA) is 64.0 Å². The second kappa shape index (κ2) is 7.09. The van der Waals surface area contributed by atoms with Crippen LogP contribution in [-0.2, 0) is 11.3 Å². The van der Waals surface area contributed by atoms with E-state index in [2.05, 4.69) is 10.4 Å². The number of rotatable bonds is 4. The molecule has 6 heteroatoms.